The van der Waals surface area contributed by atoms with Crippen molar-refractivity contribution in [2.45, 2.75) is 32.6 Å². The summed E-state index contributed by atoms with van der Waals surface area (Å²) in [6.07, 6.45) is 8.68. The third-order valence-electron chi connectivity index (χ3n) is 5.91. The molecule has 1 aromatic rings. The Labute approximate surface area is 187 Å². The number of rotatable bonds is 6. The van der Waals surface area contributed by atoms with Crippen molar-refractivity contribution >= 4 is 40.8 Å². The highest BCUT2D eigenvalue weighted by atomic mass is 35.5. The molecule has 30 heavy (non-hydrogen) atoms. The largest absolute Gasteiger partial charge is 0.366 e. The maximum absolute atomic E-state index is 13.0. The number of piperidine rings is 1. The molecule has 1 atom stereocenters. The third-order valence-corrected chi connectivity index (χ3v) is 6.79. The van der Waals surface area contributed by atoms with Crippen molar-refractivity contribution in [1.82, 2.24) is 9.88 Å². The third kappa shape index (κ3) is 5.55. The number of allylic oxidation sites excluding steroid dienone is 4. The Balaban J connectivity index is 1.48. The second-order valence-corrected chi connectivity index (χ2v) is 8.71. The molecule has 2 aliphatic rings. The molecule has 162 valence electrons. The molecule has 2 amide bonds. The Morgan fingerprint density at radius 3 is 2.50 bits per heavy atom. The molecule has 0 radical (unpaired) electrons. The van der Waals surface area contributed by atoms with Crippen LogP contribution >= 0.6 is 23.2 Å². The van der Waals surface area contributed by atoms with Gasteiger partial charge in [-0.2, -0.15) is 0 Å². The molecule has 3 heterocycles. The van der Waals surface area contributed by atoms with E-state index in [2.05, 4.69) is 9.88 Å². The zero-order valence-corrected chi connectivity index (χ0v) is 18.7. The molecule has 2 aliphatic heterocycles. The average Bonchev–Trinajstić information content (AvgIpc) is 3.25. The van der Waals surface area contributed by atoms with E-state index in [0.29, 0.717) is 21.5 Å². The lowest BCUT2D eigenvalue weighted by molar-refractivity contribution is -0.135. The fraction of sp³-hybridized carbons (Fsp3) is 0.500. The number of hydrogen-bond acceptors (Lipinski definition) is 4. The van der Waals surface area contributed by atoms with Crippen LogP contribution in [0.15, 0.2) is 40.5 Å². The van der Waals surface area contributed by atoms with Crippen molar-refractivity contribution in [2.24, 2.45) is 17.6 Å². The van der Waals surface area contributed by atoms with E-state index in [1.54, 1.807) is 12.1 Å². The summed E-state index contributed by atoms with van der Waals surface area (Å²) < 4.78 is 0. The fourth-order valence-electron chi connectivity index (χ4n) is 4.06. The summed E-state index contributed by atoms with van der Waals surface area (Å²) in [5.41, 5.74) is 5.66. The predicted octanol–water partition coefficient (Wildman–Crippen LogP) is 3.90. The van der Waals surface area contributed by atoms with Gasteiger partial charge >= 0.3 is 0 Å². The Bertz CT molecular complexity index is 830. The molecule has 0 bridgehead atoms. The van der Waals surface area contributed by atoms with Gasteiger partial charge in [0, 0.05) is 38.3 Å². The maximum Gasteiger partial charge on any atom is 0.250 e. The molecule has 0 saturated carbocycles. The number of anilines is 1. The lowest BCUT2D eigenvalue weighted by Gasteiger charge is -2.34. The van der Waals surface area contributed by atoms with Crippen LogP contribution < -0.4 is 10.6 Å². The summed E-state index contributed by atoms with van der Waals surface area (Å²) >= 11 is 12.2. The van der Waals surface area contributed by atoms with Crippen LogP contribution in [0, 0.1) is 11.8 Å². The number of amides is 2. The van der Waals surface area contributed by atoms with Crippen LogP contribution in [0.3, 0.4) is 0 Å². The Hall–Kier alpha value is -2.05. The van der Waals surface area contributed by atoms with E-state index in [1.807, 2.05) is 24.0 Å². The molecule has 0 aromatic carbocycles. The Morgan fingerprint density at radius 1 is 1.17 bits per heavy atom. The van der Waals surface area contributed by atoms with Gasteiger partial charge in [-0.1, -0.05) is 35.4 Å². The zero-order valence-electron chi connectivity index (χ0n) is 17.2. The molecule has 0 aliphatic carbocycles. The molecule has 2 N–H and O–H groups in total. The highest BCUT2D eigenvalue weighted by Gasteiger charge is 2.32. The van der Waals surface area contributed by atoms with Crippen molar-refractivity contribution in [3.05, 3.63) is 46.1 Å². The summed E-state index contributed by atoms with van der Waals surface area (Å²) in [5, 5.41) is 1.14. The second kappa shape index (κ2) is 10.3. The van der Waals surface area contributed by atoms with Crippen molar-refractivity contribution in [2.75, 3.05) is 31.1 Å². The lowest BCUT2D eigenvalue weighted by atomic mass is 9.95. The van der Waals surface area contributed by atoms with Gasteiger partial charge in [0.25, 0.3) is 0 Å². The van der Waals surface area contributed by atoms with Gasteiger partial charge in [0.2, 0.25) is 11.8 Å². The zero-order chi connectivity index (χ0) is 21.7. The number of pyridine rings is 1. The van der Waals surface area contributed by atoms with Gasteiger partial charge in [-0.3, -0.25) is 9.59 Å². The number of aromatic nitrogens is 1. The molecule has 1 unspecified atom stereocenters. The number of nitrogens with zero attached hydrogens (tertiary/aromatic N) is 3. The minimum absolute atomic E-state index is 0.0569. The Morgan fingerprint density at radius 2 is 1.90 bits per heavy atom. The first kappa shape index (κ1) is 22.6. The number of carbonyl (C=O) groups is 2. The summed E-state index contributed by atoms with van der Waals surface area (Å²) in [6.45, 7) is 4.99. The molecule has 1 aromatic heterocycles. The van der Waals surface area contributed by atoms with Gasteiger partial charge in [0.05, 0.1) is 15.6 Å². The topological polar surface area (TPSA) is 79.5 Å². The monoisotopic (exact) mass is 450 g/mol. The number of halogens is 2. The van der Waals surface area contributed by atoms with E-state index in [9.17, 15) is 9.59 Å². The van der Waals surface area contributed by atoms with Gasteiger partial charge in [0.1, 0.15) is 5.82 Å². The number of primary amides is 1. The first-order valence-corrected chi connectivity index (χ1v) is 11.1. The molecule has 0 spiro atoms. The van der Waals surface area contributed by atoms with Crippen LogP contribution in [0.4, 0.5) is 5.82 Å². The molecule has 8 heteroatoms. The molecular formula is C22H28Cl2N4O2. The van der Waals surface area contributed by atoms with E-state index in [4.69, 9.17) is 28.9 Å². The SMILES string of the molecule is CC=C(Cl)C(Cl)=CCC1CCN(C(=O)C2CCN(c3ccc(C(N)=O)cn3)CC2)C1. The van der Waals surface area contributed by atoms with Gasteiger partial charge in [-0.15, -0.1) is 0 Å². The second-order valence-electron chi connectivity index (χ2n) is 7.89. The van der Waals surface area contributed by atoms with Crippen LogP contribution in [0.2, 0.25) is 0 Å². The van der Waals surface area contributed by atoms with Crippen LogP contribution in [-0.2, 0) is 4.79 Å². The summed E-state index contributed by atoms with van der Waals surface area (Å²) in [7, 11) is 0. The van der Waals surface area contributed by atoms with Crippen molar-refractivity contribution < 1.29 is 9.59 Å². The van der Waals surface area contributed by atoms with Crippen LogP contribution in [0.1, 0.15) is 43.0 Å². The molecule has 6 nitrogen and oxygen atoms in total. The number of likely N-dealkylation sites (tertiary alicyclic amines) is 1. The molecule has 2 fully saturated rings. The first-order chi connectivity index (χ1) is 14.4. The van der Waals surface area contributed by atoms with Gasteiger partial charge < -0.3 is 15.5 Å². The van der Waals surface area contributed by atoms with Crippen molar-refractivity contribution in [3.8, 4) is 0 Å². The van der Waals surface area contributed by atoms with Crippen molar-refractivity contribution in [3.63, 3.8) is 0 Å². The number of carbonyl (C=O) groups excluding carboxylic acids is 2. The fourth-order valence-corrected chi connectivity index (χ4v) is 4.34. The lowest BCUT2D eigenvalue weighted by Crippen LogP contribution is -2.42. The summed E-state index contributed by atoms with van der Waals surface area (Å²) in [5.74, 6) is 1.08. The maximum atomic E-state index is 13.0. The smallest absolute Gasteiger partial charge is 0.250 e. The highest BCUT2D eigenvalue weighted by Crippen LogP contribution is 2.28. The van der Waals surface area contributed by atoms with Crippen LogP contribution in [-0.4, -0.2) is 47.9 Å². The van der Waals surface area contributed by atoms with E-state index in [1.165, 1.54) is 6.20 Å². The van der Waals surface area contributed by atoms with Crippen LogP contribution in [0.5, 0.6) is 0 Å². The van der Waals surface area contributed by atoms with Gasteiger partial charge in [-0.25, -0.2) is 4.98 Å². The minimum atomic E-state index is -0.482. The predicted molar refractivity (Wildman–Crippen MR) is 121 cm³/mol. The minimum Gasteiger partial charge on any atom is -0.366 e. The number of nitrogens with two attached hydrogens (primary N) is 1. The normalized spacial score (nSPS) is 21.2. The van der Waals surface area contributed by atoms with Crippen LogP contribution in [0.25, 0.3) is 0 Å². The first-order valence-electron chi connectivity index (χ1n) is 10.4. The van der Waals surface area contributed by atoms with E-state index in [0.717, 1.165) is 57.7 Å². The van der Waals surface area contributed by atoms with Gasteiger partial charge in [-0.05, 0) is 50.7 Å². The Kier molecular flexibility index (Phi) is 7.78. The molecule has 3 rings (SSSR count). The van der Waals surface area contributed by atoms with E-state index >= 15 is 0 Å². The van der Waals surface area contributed by atoms with Crippen molar-refractivity contribution in [1.29, 1.82) is 0 Å². The van der Waals surface area contributed by atoms with E-state index < -0.39 is 5.91 Å². The summed E-state index contributed by atoms with van der Waals surface area (Å²) in [4.78, 5) is 32.6. The highest BCUT2D eigenvalue weighted by molar-refractivity contribution is 6.43. The molecule has 2 saturated heterocycles. The quantitative estimate of drug-likeness (QED) is 0.666. The number of hydrogen-bond donors (Lipinski definition) is 1. The van der Waals surface area contributed by atoms with Gasteiger partial charge in [0.15, 0.2) is 0 Å². The molecular weight excluding hydrogens is 423 g/mol. The average molecular weight is 451 g/mol. The van der Waals surface area contributed by atoms with E-state index in [-0.39, 0.29) is 11.8 Å². The standard InChI is InChI=1S/C22H28Cl2N4O2/c1-2-18(23)19(24)5-3-15-7-10-28(14-15)22(30)16-8-11-27(12-9-16)20-6-4-17(13-26-20)21(25)29/h2,4-6,13,15-16H,3,7-12,14H2,1H3,(H2,25,29). The summed E-state index contributed by atoms with van der Waals surface area (Å²) in [6, 6.07) is 3.50.